The van der Waals surface area contributed by atoms with E-state index in [4.69, 9.17) is 15.2 Å². The molecule has 0 saturated carbocycles. The molecule has 0 amide bonds. The van der Waals surface area contributed by atoms with E-state index in [9.17, 15) is 0 Å². The van der Waals surface area contributed by atoms with Crippen LogP contribution >= 0.6 is 11.8 Å². The zero-order valence-corrected chi connectivity index (χ0v) is 12.5. The lowest BCUT2D eigenvalue weighted by atomic mass is 10.1. The summed E-state index contributed by atoms with van der Waals surface area (Å²) in [4.78, 5) is 1.18. The maximum atomic E-state index is 5.83. The van der Waals surface area contributed by atoms with Crippen molar-refractivity contribution in [2.75, 3.05) is 20.0 Å². The second kappa shape index (κ2) is 7.02. The Hall–Kier alpha value is -0.710. The van der Waals surface area contributed by atoms with Gasteiger partial charge in [-0.15, -0.1) is 11.8 Å². The van der Waals surface area contributed by atoms with Crippen LogP contribution in [0.5, 0.6) is 5.75 Å². The van der Waals surface area contributed by atoms with Crippen LogP contribution in [0.25, 0.3) is 0 Å². The summed E-state index contributed by atoms with van der Waals surface area (Å²) in [6.45, 7) is 5.24. The predicted octanol–water partition coefficient (Wildman–Crippen LogP) is 3.06. The van der Waals surface area contributed by atoms with Gasteiger partial charge >= 0.3 is 0 Å². The summed E-state index contributed by atoms with van der Waals surface area (Å²) >= 11 is 1.69. The van der Waals surface area contributed by atoms with Crippen molar-refractivity contribution in [3.8, 4) is 5.75 Å². The SMILES string of the molecule is COC(C)(C)CCOc1cccc(SC)c1CN. The van der Waals surface area contributed by atoms with Crippen LogP contribution in [0.3, 0.4) is 0 Å². The summed E-state index contributed by atoms with van der Waals surface area (Å²) in [6.07, 6.45) is 2.89. The van der Waals surface area contributed by atoms with E-state index in [2.05, 4.69) is 19.9 Å². The van der Waals surface area contributed by atoms with Crippen LogP contribution in [0.2, 0.25) is 0 Å². The molecular formula is C14H23NO2S. The average molecular weight is 269 g/mol. The molecule has 0 aliphatic carbocycles. The lowest BCUT2D eigenvalue weighted by molar-refractivity contribution is 0.00536. The van der Waals surface area contributed by atoms with Crippen LogP contribution in [0.1, 0.15) is 25.8 Å². The minimum atomic E-state index is -0.153. The fourth-order valence-electron chi connectivity index (χ4n) is 1.58. The Labute approximate surface area is 114 Å². The van der Waals surface area contributed by atoms with E-state index in [1.54, 1.807) is 18.9 Å². The third-order valence-electron chi connectivity index (χ3n) is 3.03. The van der Waals surface area contributed by atoms with Crippen molar-refractivity contribution in [3.63, 3.8) is 0 Å². The first-order valence-corrected chi connectivity index (χ1v) is 7.30. The summed E-state index contributed by atoms with van der Waals surface area (Å²) in [5.74, 6) is 0.885. The van der Waals surface area contributed by atoms with E-state index in [1.165, 1.54) is 4.90 Å². The predicted molar refractivity (Wildman–Crippen MR) is 77.3 cm³/mol. The van der Waals surface area contributed by atoms with Crippen LogP contribution in [0.4, 0.5) is 0 Å². The number of methoxy groups -OCH3 is 1. The van der Waals surface area contributed by atoms with Gasteiger partial charge in [-0.2, -0.15) is 0 Å². The second-order valence-electron chi connectivity index (χ2n) is 4.70. The third-order valence-corrected chi connectivity index (χ3v) is 3.85. The molecule has 0 unspecified atom stereocenters. The number of benzene rings is 1. The van der Waals surface area contributed by atoms with Gasteiger partial charge < -0.3 is 15.2 Å². The fraction of sp³-hybridized carbons (Fsp3) is 0.571. The van der Waals surface area contributed by atoms with Gasteiger partial charge in [0.25, 0.3) is 0 Å². The average Bonchev–Trinajstić information content (AvgIpc) is 2.38. The lowest BCUT2D eigenvalue weighted by Gasteiger charge is -2.23. The van der Waals surface area contributed by atoms with E-state index >= 15 is 0 Å². The topological polar surface area (TPSA) is 44.5 Å². The Morgan fingerprint density at radius 2 is 2.06 bits per heavy atom. The molecule has 1 aromatic carbocycles. The van der Waals surface area contributed by atoms with E-state index in [-0.39, 0.29) is 5.60 Å². The molecule has 3 nitrogen and oxygen atoms in total. The summed E-state index contributed by atoms with van der Waals surface area (Å²) in [7, 11) is 1.72. The van der Waals surface area contributed by atoms with E-state index in [0.29, 0.717) is 13.2 Å². The number of ether oxygens (including phenoxy) is 2. The Morgan fingerprint density at radius 1 is 1.33 bits per heavy atom. The minimum Gasteiger partial charge on any atom is -0.493 e. The van der Waals surface area contributed by atoms with Crippen molar-refractivity contribution in [2.45, 2.75) is 37.3 Å². The van der Waals surface area contributed by atoms with E-state index < -0.39 is 0 Å². The summed E-state index contributed by atoms with van der Waals surface area (Å²) < 4.78 is 11.2. The highest BCUT2D eigenvalue weighted by molar-refractivity contribution is 7.98. The monoisotopic (exact) mass is 269 g/mol. The first kappa shape index (κ1) is 15.3. The molecule has 18 heavy (non-hydrogen) atoms. The molecule has 0 aliphatic heterocycles. The molecule has 0 heterocycles. The van der Waals surface area contributed by atoms with Crippen molar-refractivity contribution in [1.82, 2.24) is 0 Å². The highest BCUT2D eigenvalue weighted by Gasteiger charge is 2.16. The van der Waals surface area contributed by atoms with Crippen molar-refractivity contribution >= 4 is 11.8 Å². The zero-order chi connectivity index (χ0) is 13.6. The van der Waals surface area contributed by atoms with Crippen LogP contribution < -0.4 is 10.5 Å². The number of hydrogen-bond donors (Lipinski definition) is 1. The van der Waals surface area contributed by atoms with Gasteiger partial charge in [0.2, 0.25) is 0 Å². The Kier molecular flexibility index (Phi) is 5.99. The van der Waals surface area contributed by atoms with Crippen LogP contribution in [-0.2, 0) is 11.3 Å². The quantitative estimate of drug-likeness (QED) is 0.773. The van der Waals surface area contributed by atoms with Gasteiger partial charge in [0.05, 0.1) is 12.2 Å². The Balaban J connectivity index is 2.67. The van der Waals surface area contributed by atoms with Crippen LogP contribution in [0, 0.1) is 0 Å². The van der Waals surface area contributed by atoms with Crippen molar-refractivity contribution in [1.29, 1.82) is 0 Å². The first-order chi connectivity index (χ1) is 8.54. The maximum absolute atomic E-state index is 5.83. The summed E-state index contributed by atoms with van der Waals surface area (Å²) in [5, 5.41) is 0. The second-order valence-corrected chi connectivity index (χ2v) is 5.55. The minimum absolute atomic E-state index is 0.153. The van der Waals surface area contributed by atoms with E-state index in [0.717, 1.165) is 17.7 Å². The van der Waals surface area contributed by atoms with Crippen LogP contribution in [0.15, 0.2) is 23.1 Å². The summed E-state index contributed by atoms with van der Waals surface area (Å²) in [6, 6.07) is 6.04. The Bertz CT molecular complexity index is 380. The smallest absolute Gasteiger partial charge is 0.124 e. The molecule has 0 aliphatic rings. The largest absolute Gasteiger partial charge is 0.493 e. The molecule has 0 atom stereocenters. The van der Waals surface area contributed by atoms with Gasteiger partial charge in [0.1, 0.15) is 5.75 Å². The van der Waals surface area contributed by atoms with Gasteiger partial charge in [-0.3, -0.25) is 0 Å². The number of rotatable bonds is 7. The van der Waals surface area contributed by atoms with E-state index in [1.807, 2.05) is 18.4 Å². The van der Waals surface area contributed by atoms with Crippen molar-refractivity contribution in [2.24, 2.45) is 5.73 Å². The third kappa shape index (κ3) is 4.19. The first-order valence-electron chi connectivity index (χ1n) is 6.08. The molecule has 1 rings (SSSR count). The lowest BCUT2D eigenvalue weighted by Crippen LogP contribution is -2.25. The highest BCUT2D eigenvalue weighted by Crippen LogP contribution is 2.28. The van der Waals surface area contributed by atoms with Crippen molar-refractivity contribution in [3.05, 3.63) is 23.8 Å². The molecule has 102 valence electrons. The molecular weight excluding hydrogens is 246 g/mol. The molecule has 0 fully saturated rings. The molecule has 0 bridgehead atoms. The Morgan fingerprint density at radius 3 is 2.61 bits per heavy atom. The molecule has 0 saturated heterocycles. The number of hydrogen-bond acceptors (Lipinski definition) is 4. The molecule has 0 spiro atoms. The van der Waals surface area contributed by atoms with Gasteiger partial charge in [-0.1, -0.05) is 6.07 Å². The highest BCUT2D eigenvalue weighted by atomic mass is 32.2. The standard InChI is InChI=1S/C14H23NO2S/c1-14(2,16-3)8-9-17-12-6-5-7-13(18-4)11(12)10-15/h5-7H,8-10,15H2,1-4H3. The van der Waals surface area contributed by atoms with Gasteiger partial charge in [0, 0.05) is 30.5 Å². The van der Waals surface area contributed by atoms with Gasteiger partial charge in [-0.05, 0) is 32.2 Å². The molecule has 0 aromatic heterocycles. The van der Waals surface area contributed by atoms with Crippen LogP contribution in [-0.4, -0.2) is 25.6 Å². The fourth-order valence-corrected chi connectivity index (χ4v) is 2.23. The van der Waals surface area contributed by atoms with Crippen molar-refractivity contribution < 1.29 is 9.47 Å². The molecule has 1 aromatic rings. The normalized spacial score (nSPS) is 11.6. The van der Waals surface area contributed by atoms with Gasteiger partial charge in [0.15, 0.2) is 0 Å². The molecule has 4 heteroatoms. The molecule has 0 radical (unpaired) electrons. The number of nitrogens with two attached hydrogens (primary N) is 1. The number of thioether (sulfide) groups is 1. The zero-order valence-electron chi connectivity index (χ0n) is 11.7. The molecule has 2 N–H and O–H groups in total. The summed E-state index contributed by atoms with van der Waals surface area (Å²) in [5.41, 5.74) is 6.72. The van der Waals surface area contributed by atoms with Gasteiger partial charge in [-0.25, -0.2) is 0 Å². The maximum Gasteiger partial charge on any atom is 0.124 e.